The molecule has 2 unspecified atom stereocenters. The highest BCUT2D eigenvalue weighted by Crippen LogP contribution is 2.36. The largest absolute Gasteiger partial charge is 0.359 e. The molecule has 3 rings (SSSR count). The van der Waals surface area contributed by atoms with Gasteiger partial charge >= 0.3 is 0 Å². The molecule has 0 aromatic heterocycles. The minimum Gasteiger partial charge on any atom is -0.359 e. The Balaban J connectivity index is 1.53. The van der Waals surface area contributed by atoms with E-state index in [9.17, 15) is 4.79 Å². The SMILES string of the molecule is CN=C(NCC(C)(C)C(=O)NC)NC1CC2CCC(C1)N2Cc1ccccc1. The highest BCUT2D eigenvalue weighted by Gasteiger charge is 2.40. The minimum atomic E-state index is -0.482. The number of amides is 1. The highest BCUT2D eigenvalue weighted by atomic mass is 16.2. The summed E-state index contributed by atoms with van der Waals surface area (Å²) in [5.41, 5.74) is 0.921. The molecule has 0 saturated carbocycles. The fraction of sp³-hybridized carbons (Fsp3) is 0.636. The monoisotopic (exact) mass is 385 g/mol. The van der Waals surface area contributed by atoms with E-state index in [1.807, 2.05) is 13.8 Å². The second kappa shape index (κ2) is 8.95. The minimum absolute atomic E-state index is 0.0303. The third-order valence-electron chi connectivity index (χ3n) is 6.20. The summed E-state index contributed by atoms with van der Waals surface area (Å²) >= 11 is 0. The number of nitrogens with zero attached hydrogens (tertiary/aromatic N) is 2. The van der Waals surface area contributed by atoms with Crippen molar-refractivity contribution in [3.8, 4) is 0 Å². The maximum atomic E-state index is 12.0. The van der Waals surface area contributed by atoms with Crippen LogP contribution in [0.1, 0.15) is 45.1 Å². The van der Waals surface area contributed by atoms with Crippen LogP contribution in [-0.2, 0) is 11.3 Å². The molecular weight excluding hydrogens is 350 g/mol. The molecule has 2 aliphatic heterocycles. The Labute approximate surface area is 169 Å². The van der Waals surface area contributed by atoms with Gasteiger partial charge in [0.2, 0.25) is 5.91 Å². The van der Waals surface area contributed by atoms with Gasteiger partial charge in [0.1, 0.15) is 0 Å². The quantitative estimate of drug-likeness (QED) is 0.518. The van der Waals surface area contributed by atoms with Gasteiger partial charge in [-0.15, -0.1) is 0 Å². The summed E-state index contributed by atoms with van der Waals surface area (Å²) in [6.07, 6.45) is 4.85. The van der Waals surface area contributed by atoms with Gasteiger partial charge in [0.25, 0.3) is 0 Å². The van der Waals surface area contributed by atoms with Crippen LogP contribution in [0.25, 0.3) is 0 Å². The molecule has 0 spiro atoms. The smallest absolute Gasteiger partial charge is 0.227 e. The molecule has 6 nitrogen and oxygen atoms in total. The van der Waals surface area contributed by atoms with E-state index in [2.05, 4.69) is 56.2 Å². The van der Waals surface area contributed by atoms with Gasteiger partial charge in [-0.2, -0.15) is 0 Å². The average Bonchev–Trinajstić information content (AvgIpc) is 2.93. The van der Waals surface area contributed by atoms with Crippen LogP contribution in [0.15, 0.2) is 35.3 Å². The van der Waals surface area contributed by atoms with Crippen LogP contribution in [-0.4, -0.2) is 55.5 Å². The number of benzene rings is 1. The number of fused-ring (bicyclic) bond motifs is 2. The Morgan fingerprint density at radius 3 is 2.39 bits per heavy atom. The standard InChI is InChI=1S/C22H35N5O/c1-22(2,20(28)23-3)15-25-21(24-4)26-17-12-18-10-11-19(13-17)27(18)14-16-8-6-5-7-9-16/h5-9,17-19H,10-15H2,1-4H3,(H,23,28)(H2,24,25,26). The maximum absolute atomic E-state index is 12.0. The first-order chi connectivity index (χ1) is 13.4. The van der Waals surface area contributed by atoms with E-state index < -0.39 is 5.41 Å². The number of carbonyl (C=O) groups excluding carboxylic acids is 1. The Bertz CT molecular complexity index is 673. The van der Waals surface area contributed by atoms with Gasteiger partial charge < -0.3 is 16.0 Å². The number of nitrogens with one attached hydrogen (secondary N) is 3. The summed E-state index contributed by atoms with van der Waals surface area (Å²) in [6, 6.07) is 12.5. The van der Waals surface area contributed by atoms with Gasteiger partial charge in [-0.3, -0.25) is 14.7 Å². The molecule has 2 saturated heterocycles. The second-order valence-corrected chi connectivity index (χ2v) is 8.74. The van der Waals surface area contributed by atoms with Crippen molar-refractivity contribution in [3.63, 3.8) is 0 Å². The summed E-state index contributed by atoms with van der Waals surface area (Å²) in [4.78, 5) is 19.1. The number of guanidine groups is 1. The van der Waals surface area contributed by atoms with Crippen molar-refractivity contribution in [3.05, 3.63) is 35.9 Å². The molecule has 2 fully saturated rings. The number of hydrogen-bond acceptors (Lipinski definition) is 3. The van der Waals surface area contributed by atoms with Crippen LogP contribution < -0.4 is 16.0 Å². The average molecular weight is 386 g/mol. The van der Waals surface area contributed by atoms with E-state index in [1.54, 1.807) is 14.1 Å². The molecule has 154 valence electrons. The lowest BCUT2D eigenvalue weighted by Crippen LogP contribution is -2.54. The molecular formula is C22H35N5O. The Hall–Kier alpha value is -2.08. The Morgan fingerprint density at radius 1 is 1.18 bits per heavy atom. The summed E-state index contributed by atoms with van der Waals surface area (Å²) in [5, 5.41) is 9.67. The van der Waals surface area contributed by atoms with E-state index in [0.29, 0.717) is 24.7 Å². The summed E-state index contributed by atoms with van der Waals surface area (Å²) in [6.45, 7) is 5.48. The fourth-order valence-electron chi connectivity index (χ4n) is 4.56. The highest BCUT2D eigenvalue weighted by molar-refractivity contribution is 5.84. The lowest BCUT2D eigenvalue weighted by atomic mass is 9.92. The van der Waals surface area contributed by atoms with E-state index in [-0.39, 0.29) is 5.91 Å². The number of hydrogen-bond donors (Lipinski definition) is 3. The fourth-order valence-corrected chi connectivity index (χ4v) is 4.56. The first-order valence-electron chi connectivity index (χ1n) is 10.4. The molecule has 0 radical (unpaired) electrons. The van der Waals surface area contributed by atoms with Crippen molar-refractivity contribution < 1.29 is 4.79 Å². The van der Waals surface area contributed by atoms with Crippen LogP contribution >= 0.6 is 0 Å². The molecule has 2 atom stereocenters. The van der Waals surface area contributed by atoms with Crippen molar-refractivity contribution in [2.75, 3.05) is 20.6 Å². The summed E-state index contributed by atoms with van der Waals surface area (Å²) in [7, 11) is 3.47. The first-order valence-corrected chi connectivity index (χ1v) is 10.4. The van der Waals surface area contributed by atoms with Gasteiger partial charge in [0.05, 0.1) is 5.41 Å². The van der Waals surface area contributed by atoms with Crippen LogP contribution in [0.2, 0.25) is 0 Å². The second-order valence-electron chi connectivity index (χ2n) is 8.74. The topological polar surface area (TPSA) is 68.8 Å². The zero-order chi connectivity index (χ0) is 20.1. The van der Waals surface area contributed by atoms with Crippen LogP contribution in [0.3, 0.4) is 0 Å². The van der Waals surface area contributed by atoms with Crippen molar-refractivity contribution in [1.29, 1.82) is 0 Å². The van der Waals surface area contributed by atoms with Crippen molar-refractivity contribution in [1.82, 2.24) is 20.9 Å². The lowest BCUT2D eigenvalue weighted by molar-refractivity contribution is -0.128. The van der Waals surface area contributed by atoms with Crippen LogP contribution in [0.5, 0.6) is 0 Å². The lowest BCUT2D eigenvalue weighted by Gasteiger charge is -2.39. The van der Waals surface area contributed by atoms with Gasteiger partial charge in [-0.25, -0.2) is 0 Å². The summed E-state index contributed by atoms with van der Waals surface area (Å²) < 4.78 is 0. The van der Waals surface area contributed by atoms with Crippen molar-refractivity contribution in [2.24, 2.45) is 10.4 Å². The molecule has 6 heteroatoms. The summed E-state index contributed by atoms with van der Waals surface area (Å²) in [5.74, 6) is 0.820. The van der Waals surface area contributed by atoms with Crippen molar-refractivity contribution >= 4 is 11.9 Å². The number of rotatable bonds is 6. The van der Waals surface area contributed by atoms with Crippen LogP contribution in [0, 0.1) is 5.41 Å². The molecule has 2 aliphatic rings. The number of piperidine rings is 1. The normalized spacial score (nSPS) is 25.4. The van der Waals surface area contributed by atoms with Gasteiger partial charge in [-0.1, -0.05) is 30.3 Å². The molecule has 2 bridgehead atoms. The molecule has 3 N–H and O–H groups in total. The third-order valence-corrected chi connectivity index (χ3v) is 6.20. The Kier molecular flexibility index (Phi) is 6.60. The maximum Gasteiger partial charge on any atom is 0.227 e. The molecule has 1 aromatic carbocycles. The molecule has 1 amide bonds. The van der Waals surface area contributed by atoms with Gasteiger partial charge in [-0.05, 0) is 45.1 Å². The van der Waals surface area contributed by atoms with Crippen molar-refractivity contribution in [2.45, 2.75) is 64.2 Å². The Morgan fingerprint density at radius 2 is 1.82 bits per heavy atom. The zero-order valence-electron chi connectivity index (χ0n) is 17.7. The first kappa shape index (κ1) is 20.6. The molecule has 0 aliphatic carbocycles. The number of aliphatic imine (C=N–C) groups is 1. The molecule has 28 heavy (non-hydrogen) atoms. The van der Waals surface area contributed by atoms with E-state index >= 15 is 0 Å². The van der Waals surface area contributed by atoms with E-state index in [4.69, 9.17) is 0 Å². The van der Waals surface area contributed by atoms with Gasteiger partial charge in [0.15, 0.2) is 5.96 Å². The van der Waals surface area contributed by atoms with Gasteiger partial charge in [0, 0.05) is 45.3 Å². The number of carbonyl (C=O) groups is 1. The predicted molar refractivity (Wildman–Crippen MR) is 114 cm³/mol. The van der Waals surface area contributed by atoms with Crippen LogP contribution in [0.4, 0.5) is 0 Å². The third kappa shape index (κ3) is 4.85. The van der Waals surface area contributed by atoms with E-state index in [0.717, 1.165) is 25.3 Å². The molecule has 2 heterocycles. The predicted octanol–water partition coefficient (Wildman–Crippen LogP) is 2.12. The zero-order valence-corrected chi connectivity index (χ0v) is 17.7. The molecule has 1 aromatic rings. The van der Waals surface area contributed by atoms with E-state index in [1.165, 1.54) is 18.4 Å².